The van der Waals surface area contributed by atoms with Gasteiger partial charge in [-0.25, -0.2) is 4.98 Å². The number of ketones is 1. The minimum Gasteiger partial charge on any atom is -0.496 e. The predicted octanol–water partition coefficient (Wildman–Crippen LogP) is 3.11. The molecule has 0 radical (unpaired) electrons. The van der Waals surface area contributed by atoms with Gasteiger partial charge in [0.15, 0.2) is 5.78 Å². The van der Waals surface area contributed by atoms with E-state index in [-0.39, 0.29) is 24.1 Å². The second-order valence-corrected chi connectivity index (χ2v) is 5.86. The molecular formula is C17H22ClN3O2. The topological polar surface area (TPSA) is 57.0 Å². The van der Waals surface area contributed by atoms with E-state index in [1.165, 1.54) is 17.5 Å². The van der Waals surface area contributed by atoms with E-state index in [1.807, 2.05) is 19.1 Å². The molecule has 0 fully saturated rings. The standard InChI is InChI=1S/C17H21N3O2.ClH/c1-12(9-20-11-18-10-19-20)17(21)15-7-8-16(22-2)14-6-4-3-5-13(14)15;/h7-8,10-12H,3-6,9H2,1-2H3;1H. The molecule has 0 saturated carbocycles. The largest absolute Gasteiger partial charge is 0.496 e. The third-order valence-electron chi connectivity index (χ3n) is 4.35. The van der Waals surface area contributed by atoms with Crippen LogP contribution in [0.3, 0.4) is 0 Å². The molecule has 1 heterocycles. The number of hydrogen-bond acceptors (Lipinski definition) is 4. The maximum absolute atomic E-state index is 12.8. The number of fused-ring (bicyclic) bond motifs is 1. The van der Waals surface area contributed by atoms with Gasteiger partial charge in [-0.1, -0.05) is 6.92 Å². The molecule has 0 amide bonds. The number of hydrogen-bond donors (Lipinski definition) is 0. The molecule has 0 saturated heterocycles. The molecule has 1 unspecified atom stereocenters. The summed E-state index contributed by atoms with van der Waals surface area (Å²) >= 11 is 0. The fourth-order valence-electron chi connectivity index (χ4n) is 3.21. The highest BCUT2D eigenvalue weighted by Gasteiger charge is 2.24. The quantitative estimate of drug-likeness (QED) is 0.788. The van der Waals surface area contributed by atoms with Crippen molar-refractivity contribution in [3.8, 4) is 5.75 Å². The van der Waals surface area contributed by atoms with E-state index in [1.54, 1.807) is 18.1 Å². The Labute approximate surface area is 142 Å². The average Bonchev–Trinajstić information content (AvgIpc) is 3.06. The number of benzene rings is 1. The van der Waals surface area contributed by atoms with Crippen molar-refractivity contribution in [1.29, 1.82) is 0 Å². The van der Waals surface area contributed by atoms with Gasteiger partial charge < -0.3 is 4.74 Å². The molecule has 6 heteroatoms. The first-order valence-corrected chi connectivity index (χ1v) is 7.76. The van der Waals surface area contributed by atoms with Gasteiger partial charge in [-0.2, -0.15) is 5.10 Å². The number of aromatic nitrogens is 3. The minimum absolute atomic E-state index is 0. The third kappa shape index (κ3) is 3.55. The Bertz CT molecular complexity index is 671. The zero-order valence-electron chi connectivity index (χ0n) is 13.5. The van der Waals surface area contributed by atoms with Crippen LogP contribution in [0.25, 0.3) is 0 Å². The fourth-order valence-corrected chi connectivity index (χ4v) is 3.21. The summed E-state index contributed by atoms with van der Waals surface area (Å²) in [6.07, 6.45) is 7.40. The summed E-state index contributed by atoms with van der Waals surface area (Å²) in [7, 11) is 1.69. The van der Waals surface area contributed by atoms with E-state index >= 15 is 0 Å². The molecule has 1 aliphatic carbocycles. The molecule has 2 aromatic rings. The predicted molar refractivity (Wildman–Crippen MR) is 90.4 cm³/mol. The Kier molecular flexibility index (Phi) is 5.77. The molecule has 1 atom stereocenters. The van der Waals surface area contributed by atoms with Crippen LogP contribution in [0.4, 0.5) is 0 Å². The van der Waals surface area contributed by atoms with Crippen molar-refractivity contribution in [3.63, 3.8) is 0 Å². The first kappa shape index (κ1) is 17.5. The van der Waals surface area contributed by atoms with Crippen LogP contribution in [0.1, 0.15) is 41.3 Å². The number of rotatable bonds is 5. The van der Waals surface area contributed by atoms with Gasteiger partial charge >= 0.3 is 0 Å². The van der Waals surface area contributed by atoms with Crippen molar-refractivity contribution in [2.24, 2.45) is 5.92 Å². The highest BCUT2D eigenvalue weighted by Crippen LogP contribution is 2.33. The van der Waals surface area contributed by atoms with Crippen LogP contribution in [0, 0.1) is 5.92 Å². The van der Waals surface area contributed by atoms with Crippen LogP contribution in [-0.4, -0.2) is 27.7 Å². The molecule has 3 rings (SSSR count). The molecule has 124 valence electrons. The highest BCUT2D eigenvalue weighted by atomic mass is 35.5. The highest BCUT2D eigenvalue weighted by molar-refractivity contribution is 5.99. The van der Waals surface area contributed by atoms with E-state index in [2.05, 4.69) is 10.1 Å². The molecule has 0 N–H and O–H groups in total. The van der Waals surface area contributed by atoms with Crippen LogP contribution < -0.4 is 4.74 Å². The summed E-state index contributed by atoms with van der Waals surface area (Å²) in [5, 5.41) is 4.08. The summed E-state index contributed by atoms with van der Waals surface area (Å²) in [6.45, 7) is 2.50. The van der Waals surface area contributed by atoms with Crippen LogP contribution in [0.2, 0.25) is 0 Å². The summed E-state index contributed by atoms with van der Waals surface area (Å²) in [6, 6.07) is 3.85. The van der Waals surface area contributed by atoms with Crippen molar-refractivity contribution in [2.75, 3.05) is 7.11 Å². The average molecular weight is 336 g/mol. The number of Topliss-reactive ketones (excluding diaryl/α,β-unsaturated/α-hetero) is 1. The Morgan fingerprint density at radius 3 is 2.70 bits per heavy atom. The first-order valence-electron chi connectivity index (χ1n) is 7.76. The van der Waals surface area contributed by atoms with Crippen LogP contribution in [-0.2, 0) is 19.4 Å². The first-order chi connectivity index (χ1) is 10.7. The number of halogens is 1. The van der Waals surface area contributed by atoms with Crippen molar-refractivity contribution >= 4 is 18.2 Å². The Hall–Kier alpha value is -1.88. The summed E-state index contributed by atoms with van der Waals surface area (Å²) in [5.74, 6) is 0.965. The van der Waals surface area contributed by atoms with Crippen molar-refractivity contribution < 1.29 is 9.53 Å². The molecule has 1 aliphatic rings. The lowest BCUT2D eigenvalue weighted by molar-refractivity contribution is 0.0914. The molecule has 1 aromatic carbocycles. The lowest BCUT2D eigenvalue weighted by atomic mass is 9.84. The van der Waals surface area contributed by atoms with Gasteiger partial charge in [0.1, 0.15) is 18.4 Å². The molecular weight excluding hydrogens is 314 g/mol. The lowest BCUT2D eigenvalue weighted by Crippen LogP contribution is -2.21. The molecule has 0 bridgehead atoms. The number of nitrogens with zero attached hydrogens (tertiary/aromatic N) is 3. The van der Waals surface area contributed by atoms with Gasteiger partial charge in [-0.05, 0) is 48.9 Å². The summed E-state index contributed by atoms with van der Waals surface area (Å²) < 4.78 is 7.17. The Balaban J connectivity index is 0.00000192. The maximum Gasteiger partial charge on any atom is 0.167 e. The van der Waals surface area contributed by atoms with Crippen molar-refractivity contribution in [2.45, 2.75) is 39.2 Å². The fraction of sp³-hybridized carbons (Fsp3) is 0.471. The lowest BCUT2D eigenvalue weighted by Gasteiger charge is -2.22. The van der Waals surface area contributed by atoms with Gasteiger partial charge in [0.05, 0.1) is 13.7 Å². The van der Waals surface area contributed by atoms with E-state index in [9.17, 15) is 4.79 Å². The van der Waals surface area contributed by atoms with Crippen LogP contribution in [0.5, 0.6) is 5.75 Å². The minimum atomic E-state index is -0.124. The summed E-state index contributed by atoms with van der Waals surface area (Å²) in [5.41, 5.74) is 3.25. The number of methoxy groups -OCH3 is 1. The number of carbonyl (C=O) groups excluding carboxylic acids is 1. The summed E-state index contributed by atoms with van der Waals surface area (Å²) in [4.78, 5) is 16.8. The Morgan fingerprint density at radius 1 is 1.30 bits per heavy atom. The van der Waals surface area contributed by atoms with Gasteiger partial charge in [0.25, 0.3) is 0 Å². The van der Waals surface area contributed by atoms with E-state index < -0.39 is 0 Å². The van der Waals surface area contributed by atoms with Crippen LogP contribution in [0.15, 0.2) is 24.8 Å². The van der Waals surface area contributed by atoms with Gasteiger partial charge in [0.2, 0.25) is 0 Å². The normalized spacial score (nSPS) is 14.5. The molecule has 23 heavy (non-hydrogen) atoms. The number of ether oxygens (including phenoxy) is 1. The van der Waals surface area contributed by atoms with E-state index in [0.717, 1.165) is 37.0 Å². The van der Waals surface area contributed by atoms with Gasteiger partial charge in [-0.15, -0.1) is 12.4 Å². The SMILES string of the molecule is COc1ccc(C(=O)C(C)Cn2cncn2)c2c1CCCC2.Cl. The molecule has 0 aliphatic heterocycles. The maximum atomic E-state index is 12.8. The van der Waals surface area contributed by atoms with Gasteiger partial charge in [-0.3, -0.25) is 9.48 Å². The molecule has 0 spiro atoms. The van der Waals surface area contributed by atoms with Gasteiger partial charge in [0, 0.05) is 11.5 Å². The van der Waals surface area contributed by atoms with E-state index in [4.69, 9.17) is 4.74 Å². The second kappa shape index (κ2) is 7.59. The van der Waals surface area contributed by atoms with E-state index in [0.29, 0.717) is 6.54 Å². The molecule has 5 nitrogen and oxygen atoms in total. The smallest absolute Gasteiger partial charge is 0.167 e. The molecule has 1 aromatic heterocycles. The van der Waals surface area contributed by atoms with Crippen molar-refractivity contribution in [3.05, 3.63) is 41.5 Å². The van der Waals surface area contributed by atoms with Crippen molar-refractivity contribution in [1.82, 2.24) is 14.8 Å². The third-order valence-corrected chi connectivity index (χ3v) is 4.35. The second-order valence-electron chi connectivity index (χ2n) is 5.86. The Morgan fingerprint density at radius 2 is 2.04 bits per heavy atom. The van der Waals surface area contributed by atoms with Crippen LogP contribution >= 0.6 is 12.4 Å². The number of carbonyl (C=O) groups is 1. The monoisotopic (exact) mass is 335 g/mol. The zero-order chi connectivity index (χ0) is 15.5. The zero-order valence-corrected chi connectivity index (χ0v) is 14.3.